The van der Waals surface area contributed by atoms with E-state index in [2.05, 4.69) is 9.88 Å². The molecule has 0 aliphatic carbocycles. The molecule has 4 nitrogen and oxygen atoms in total. The summed E-state index contributed by atoms with van der Waals surface area (Å²) in [6, 6.07) is 3.73. The maximum Gasteiger partial charge on any atom is 0.182 e. The van der Waals surface area contributed by atoms with Crippen molar-refractivity contribution in [1.29, 1.82) is 0 Å². The fourth-order valence-electron chi connectivity index (χ4n) is 2.30. The quantitative estimate of drug-likeness (QED) is 0.742. The lowest BCUT2D eigenvalue weighted by Crippen LogP contribution is -2.39. The maximum absolute atomic E-state index is 12.1. The van der Waals surface area contributed by atoms with Crippen LogP contribution in [0.3, 0.4) is 0 Å². The van der Waals surface area contributed by atoms with Crippen molar-refractivity contribution in [2.75, 3.05) is 26.2 Å². The molecule has 0 bridgehead atoms. The fourth-order valence-corrected chi connectivity index (χ4v) is 2.30. The normalized spacial score (nSPS) is 18.8. The van der Waals surface area contributed by atoms with E-state index >= 15 is 0 Å². The Morgan fingerprint density at radius 3 is 2.81 bits per heavy atom. The van der Waals surface area contributed by atoms with Crippen LogP contribution in [-0.2, 0) is 0 Å². The van der Waals surface area contributed by atoms with E-state index < -0.39 is 0 Å². The molecule has 1 aliphatic heterocycles. The van der Waals surface area contributed by atoms with E-state index in [0.717, 1.165) is 38.2 Å². The van der Waals surface area contributed by atoms with Crippen molar-refractivity contribution in [3.05, 3.63) is 24.0 Å². The van der Waals surface area contributed by atoms with Crippen molar-refractivity contribution in [1.82, 2.24) is 9.88 Å². The van der Waals surface area contributed by atoms with Gasteiger partial charge in [0.15, 0.2) is 5.78 Å². The topological polar surface area (TPSA) is 62.1 Å². The minimum absolute atomic E-state index is 0.188. The van der Waals surface area contributed by atoms with Crippen LogP contribution in [0.1, 0.15) is 23.3 Å². The Bertz CT molecular complexity index is 326. The third-order valence-electron chi connectivity index (χ3n) is 3.27. The number of hydrogen-bond donors (Lipinski definition) is 2. The lowest BCUT2D eigenvalue weighted by atomic mass is 9.91. The Hall–Kier alpha value is -1.13. The van der Waals surface area contributed by atoms with Gasteiger partial charge in [-0.15, -0.1) is 0 Å². The first-order chi connectivity index (χ1) is 7.81. The van der Waals surface area contributed by atoms with Crippen molar-refractivity contribution >= 4 is 5.78 Å². The van der Waals surface area contributed by atoms with Crippen LogP contribution in [0.5, 0.6) is 0 Å². The van der Waals surface area contributed by atoms with E-state index in [0.29, 0.717) is 6.54 Å². The van der Waals surface area contributed by atoms with Gasteiger partial charge in [0.2, 0.25) is 0 Å². The Balaban J connectivity index is 1.87. The molecule has 1 aliphatic rings. The highest BCUT2D eigenvalue weighted by atomic mass is 16.1. The molecule has 2 heterocycles. The number of nitrogens with one attached hydrogen (secondary N) is 1. The maximum atomic E-state index is 12.1. The number of nitrogens with two attached hydrogens (primary N) is 1. The molecule has 0 atom stereocenters. The minimum Gasteiger partial charge on any atom is -0.359 e. The number of carbonyl (C=O) groups excluding carboxylic acids is 1. The monoisotopic (exact) mass is 221 g/mol. The summed E-state index contributed by atoms with van der Waals surface area (Å²) in [7, 11) is 0. The van der Waals surface area contributed by atoms with E-state index in [1.165, 1.54) is 0 Å². The highest BCUT2D eigenvalue weighted by molar-refractivity contribution is 5.96. The Labute approximate surface area is 95.8 Å². The highest BCUT2D eigenvalue weighted by Crippen LogP contribution is 2.20. The molecule has 1 aromatic heterocycles. The summed E-state index contributed by atoms with van der Waals surface area (Å²) >= 11 is 0. The van der Waals surface area contributed by atoms with Gasteiger partial charge in [-0.1, -0.05) is 0 Å². The van der Waals surface area contributed by atoms with Crippen LogP contribution in [0.25, 0.3) is 0 Å². The van der Waals surface area contributed by atoms with Crippen LogP contribution in [-0.4, -0.2) is 41.8 Å². The number of aromatic amines is 1. The van der Waals surface area contributed by atoms with Crippen LogP contribution in [0.4, 0.5) is 0 Å². The predicted molar refractivity (Wildman–Crippen MR) is 63.3 cm³/mol. The zero-order valence-electron chi connectivity index (χ0n) is 9.48. The van der Waals surface area contributed by atoms with Gasteiger partial charge >= 0.3 is 0 Å². The van der Waals surface area contributed by atoms with Gasteiger partial charge in [0.1, 0.15) is 0 Å². The summed E-state index contributed by atoms with van der Waals surface area (Å²) in [5.74, 6) is 0.449. The molecule has 1 aromatic rings. The molecule has 2 rings (SSSR count). The van der Waals surface area contributed by atoms with E-state index in [-0.39, 0.29) is 11.7 Å². The third-order valence-corrected chi connectivity index (χ3v) is 3.27. The highest BCUT2D eigenvalue weighted by Gasteiger charge is 2.25. The van der Waals surface area contributed by atoms with Crippen LogP contribution in [0.15, 0.2) is 18.3 Å². The van der Waals surface area contributed by atoms with Crippen molar-refractivity contribution in [2.45, 2.75) is 12.8 Å². The van der Waals surface area contributed by atoms with Crippen LogP contribution in [0, 0.1) is 5.92 Å². The first-order valence-electron chi connectivity index (χ1n) is 5.91. The average molecular weight is 221 g/mol. The number of hydrogen-bond acceptors (Lipinski definition) is 3. The molecule has 0 saturated carbocycles. The van der Waals surface area contributed by atoms with E-state index in [4.69, 9.17) is 5.73 Å². The van der Waals surface area contributed by atoms with Crippen LogP contribution < -0.4 is 5.73 Å². The standard InChI is InChI=1S/C12H19N3O/c13-5-9-15-7-3-10(4-8-15)12(16)11-2-1-6-14-11/h1-2,6,10,14H,3-5,7-9,13H2. The number of carbonyl (C=O) groups is 1. The van der Waals surface area contributed by atoms with Crippen molar-refractivity contribution in [3.8, 4) is 0 Å². The van der Waals surface area contributed by atoms with Gasteiger partial charge in [-0.2, -0.15) is 0 Å². The number of likely N-dealkylation sites (tertiary alicyclic amines) is 1. The number of ketones is 1. The number of Topliss-reactive ketones (excluding diaryl/α,β-unsaturated/α-hetero) is 1. The van der Waals surface area contributed by atoms with Gasteiger partial charge in [-0.25, -0.2) is 0 Å². The molecular formula is C12H19N3O. The second kappa shape index (κ2) is 5.27. The number of H-pyrrole nitrogens is 1. The Kier molecular flexibility index (Phi) is 3.74. The van der Waals surface area contributed by atoms with Gasteiger partial charge in [0, 0.05) is 25.2 Å². The summed E-state index contributed by atoms with van der Waals surface area (Å²) < 4.78 is 0. The third kappa shape index (κ3) is 2.51. The molecule has 0 amide bonds. The second-order valence-electron chi connectivity index (χ2n) is 4.35. The van der Waals surface area contributed by atoms with E-state index in [1.807, 2.05) is 12.1 Å². The molecule has 0 unspecified atom stereocenters. The summed E-state index contributed by atoms with van der Waals surface area (Å²) in [5, 5.41) is 0. The molecule has 4 heteroatoms. The number of aromatic nitrogens is 1. The SMILES string of the molecule is NCCN1CCC(C(=O)c2ccc[nH]2)CC1. The first kappa shape index (κ1) is 11.4. The molecular weight excluding hydrogens is 202 g/mol. The first-order valence-corrected chi connectivity index (χ1v) is 5.91. The predicted octanol–water partition coefficient (Wildman–Crippen LogP) is 0.868. The molecule has 16 heavy (non-hydrogen) atoms. The van der Waals surface area contributed by atoms with Crippen molar-refractivity contribution in [2.24, 2.45) is 11.7 Å². The summed E-state index contributed by atoms with van der Waals surface area (Å²) in [6.07, 6.45) is 3.71. The van der Waals surface area contributed by atoms with Crippen LogP contribution in [0.2, 0.25) is 0 Å². The summed E-state index contributed by atoms with van der Waals surface area (Å²) in [5.41, 5.74) is 6.26. The Morgan fingerprint density at radius 1 is 1.50 bits per heavy atom. The number of rotatable bonds is 4. The minimum atomic E-state index is 0.188. The van der Waals surface area contributed by atoms with Crippen molar-refractivity contribution in [3.63, 3.8) is 0 Å². The average Bonchev–Trinajstić information content (AvgIpc) is 2.83. The van der Waals surface area contributed by atoms with Crippen LogP contribution >= 0.6 is 0 Å². The summed E-state index contributed by atoms with van der Waals surface area (Å²) in [6.45, 7) is 3.64. The van der Waals surface area contributed by atoms with Crippen molar-refractivity contribution < 1.29 is 4.79 Å². The zero-order chi connectivity index (χ0) is 11.4. The second-order valence-corrected chi connectivity index (χ2v) is 4.35. The summed E-state index contributed by atoms with van der Waals surface area (Å²) in [4.78, 5) is 17.4. The van der Waals surface area contributed by atoms with E-state index in [9.17, 15) is 4.79 Å². The number of nitrogens with zero attached hydrogens (tertiary/aromatic N) is 1. The lowest BCUT2D eigenvalue weighted by Gasteiger charge is -2.30. The smallest absolute Gasteiger partial charge is 0.182 e. The lowest BCUT2D eigenvalue weighted by molar-refractivity contribution is 0.0838. The van der Waals surface area contributed by atoms with E-state index in [1.54, 1.807) is 6.20 Å². The van der Waals surface area contributed by atoms with Gasteiger partial charge in [0.05, 0.1) is 5.69 Å². The molecule has 1 saturated heterocycles. The number of piperidine rings is 1. The molecule has 0 spiro atoms. The molecule has 3 N–H and O–H groups in total. The molecule has 0 radical (unpaired) electrons. The molecule has 0 aromatic carbocycles. The zero-order valence-corrected chi connectivity index (χ0v) is 9.48. The van der Waals surface area contributed by atoms with Gasteiger partial charge in [0.25, 0.3) is 0 Å². The van der Waals surface area contributed by atoms with Gasteiger partial charge < -0.3 is 15.6 Å². The molecule has 88 valence electrons. The fraction of sp³-hybridized carbons (Fsp3) is 0.583. The Morgan fingerprint density at radius 2 is 2.25 bits per heavy atom. The molecule has 1 fully saturated rings. The van der Waals surface area contributed by atoms with Gasteiger partial charge in [-0.3, -0.25) is 4.79 Å². The van der Waals surface area contributed by atoms with Gasteiger partial charge in [-0.05, 0) is 38.1 Å². The largest absolute Gasteiger partial charge is 0.359 e.